The van der Waals surface area contributed by atoms with Gasteiger partial charge in [-0.3, -0.25) is 15.5 Å². The zero-order valence-corrected chi connectivity index (χ0v) is 13.8. The number of benzene rings is 1. The Morgan fingerprint density at radius 1 is 1.39 bits per heavy atom. The van der Waals surface area contributed by atoms with Crippen LogP contribution in [0, 0.1) is 0 Å². The molecular weight excluding hydrogens is 310 g/mol. The molecule has 7 heteroatoms. The standard InChI is InChI=1S/C16H19N5OS/c1-20-14-10(9-19-16(20)17)2-3-12-11(14)8-13(23-12)15(22)21-6-4-18-5-7-21/h2-3,8-9,16,18H,4-7,17H2,1H3. The van der Waals surface area contributed by atoms with E-state index >= 15 is 0 Å². The minimum absolute atomic E-state index is 0.123. The second kappa shape index (κ2) is 5.59. The number of hydrogen-bond acceptors (Lipinski definition) is 6. The number of fused-ring (bicyclic) bond motifs is 3. The molecule has 1 fully saturated rings. The zero-order chi connectivity index (χ0) is 16.0. The van der Waals surface area contributed by atoms with Gasteiger partial charge in [-0.15, -0.1) is 11.3 Å². The molecule has 0 saturated carbocycles. The molecule has 0 spiro atoms. The third kappa shape index (κ3) is 2.41. The average molecular weight is 329 g/mol. The van der Waals surface area contributed by atoms with Gasteiger partial charge in [0, 0.05) is 55.1 Å². The number of carbonyl (C=O) groups excluding carboxylic acids is 1. The molecular formula is C16H19N5OS. The van der Waals surface area contributed by atoms with Crippen molar-refractivity contribution in [3.8, 4) is 0 Å². The van der Waals surface area contributed by atoms with Crippen molar-refractivity contribution in [2.75, 3.05) is 38.1 Å². The highest BCUT2D eigenvalue weighted by Crippen LogP contribution is 2.37. The lowest BCUT2D eigenvalue weighted by Crippen LogP contribution is -2.46. The topological polar surface area (TPSA) is 74.0 Å². The molecule has 4 rings (SSSR count). The van der Waals surface area contributed by atoms with Crippen LogP contribution in [0.5, 0.6) is 0 Å². The summed E-state index contributed by atoms with van der Waals surface area (Å²) in [4.78, 5) is 21.7. The van der Waals surface area contributed by atoms with Crippen LogP contribution in [0.2, 0.25) is 0 Å². The van der Waals surface area contributed by atoms with Gasteiger partial charge in [0.05, 0.1) is 10.6 Å². The molecule has 2 aliphatic rings. The van der Waals surface area contributed by atoms with Crippen molar-refractivity contribution in [3.63, 3.8) is 0 Å². The smallest absolute Gasteiger partial charge is 0.264 e. The van der Waals surface area contributed by atoms with E-state index in [1.54, 1.807) is 11.3 Å². The first-order valence-electron chi connectivity index (χ1n) is 7.73. The van der Waals surface area contributed by atoms with Gasteiger partial charge >= 0.3 is 0 Å². The fourth-order valence-corrected chi connectivity index (χ4v) is 4.16. The number of amides is 1. The Morgan fingerprint density at radius 3 is 2.96 bits per heavy atom. The first-order chi connectivity index (χ1) is 11.1. The lowest BCUT2D eigenvalue weighted by molar-refractivity contribution is 0.0741. The van der Waals surface area contributed by atoms with Gasteiger partial charge in [-0.05, 0) is 18.2 Å². The molecule has 0 aliphatic carbocycles. The fraction of sp³-hybridized carbons (Fsp3) is 0.375. The molecule has 23 heavy (non-hydrogen) atoms. The van der Waals surface area contributed by atoms with Crippen molar-refractivity contribution >= 4 is 39.2 Å². The number of carbonyl (C=O) groups is 1. The summed E-state index contributed by atoms with van der Waals surface area (Å²) < 4.78 is 1.11. The lowest BCUT2D eigenvalue weighted by atomic mass is 10.1. The van der Waals surface area contributed by atoms with Crippen molar-refractivity contribution in [1.82, 2.24) is 10.2 Å². The average Bonchev–Trinajstić information content (AvgIpc) is 3.02. The van der Waals surface area contributed by atoms with E-state index in [1.807, 2.05) is 35.2 Å². The summed E-state index contributed by atoms with van der Waals surface area (Å²) >= 11 is 1.55. The fourth-order valence-electron chi connectivity index (χ4n) is 3.13. The van der Waals surface area contributed by atoms with E-state index in [9.17, 15) is 4.79 Å². The Hall–Kier alpha value is -1.96. The molecule has 0 bridgehead atoms. The molecule has 3 N–H and O–H groups in total. The maximum atomic E-state index is 12.7. The SMILES string of the molecule is CN1c2c(ccc3sc(C(=O)N4CCNCC4)cc23)C=NC1N. The van der Waals surface area contributed by atoms with Gasteiger partial charge in [-0.25, -0.2) is 0 Å². The molecule has 2 aromatic rings. The molecule has 1 atom stereocenters. The molecule has 1 unspecified atom stereocenters. The van der Waals surface area contributed by atoms with Crippen LogP contribution in [-0.2, 0) is 0 Å². The van der Waals surface area contributed by atoms with E-state index in [4.69, 9.17) is 5.73 Å². The highest BCUT2D eigenvalue weighted by molar-refractivity contribution is 7.20. The monoisotopic (exact) mass is 329 g/mol. The van der Waals surface area contributed by atoms with Crippen LogP contribution < -0.4 is 16.0 Å². The maximum Gasteiger partial charge on any atom is 0.264 e. The minimum Gasteiger partial charge on any atom is -0.340 e. The Balaban J connectivity index is 1.77. The first-order valence-corrected chi connectivity index (χ1v) is 8.55. The molecule has 1 aromatic heterocycles. The van der Waals surface area contributed by atoms with Gasteiger partial charge in [0.15, 0.2) is 6.29 Å². The lowest BCUT2D eigenvalue weighted by Gasteiger charge is -2.29. The summed E-state index contributed by atoms with van der Waals surface area (Å²) in [7, 11) is 1.94. The van der Waals surface area contributed by atoms with Crippen LogP contribution in [0.15, 0.2) is 23.2 Å². The van der Waals surface area contributed by atoms with Crippen LogP contribution in [0.1, 0.15) is 15.2 Å². The van der Waals surface area contributed by atoms with Gasteiger partial charge in [0.25, 0.3) is 5.91 Å². The number of nitrogens with two attached hydrogens (primary N) is 1. The van der Waals surface area contributed by atoms with Crippen LogP contribution in [0.4, 0.5) is 5.69 Å². The minimum atomic E-state index is -0.375. The molecule has 3 heterocycles. The van der Waals surface area contributed by atoms with E-state index in [0.29, 0.717) is 0 Å². The van der Waals surface area contributed by atoms with Crippen LogP contribution >= 0.6 is 11.3 Å². The number of piperazine rings is 1. The molecule has 2 aliphatic heterocycles. The molecule has 1 aromatic carbocycles. The van der Waals surface area contributed by atoms with Crippen molar-refractivity contribution in [3.05, 3.63) is 28.6 Å². The van der Waals surface area contributed by atoms with Crippen molar-refractivity contribution in [2.45, 2.75) is 6.29 Å². The quantitative estimate of drug-likeness (QED) is 0.820. The largest absolute Gasteiger partial charge is 0.340 e. The van der Waals surface area contributed by atoms with Gasteiger partial charge in [-0.2, -0.15) is 0 Å². The third-order valence-electron chi connectivity index (χ3n) is 4.43. The van der Waals surface area contributed by atoms with E-state index in [-0.39, 0.29) is 12.2 Å². The summed E-state index contributed by atoms with van der Waals surface area (Å²) in [5.74, 6) is 0.123. The van der Waals surface area contributed by atoms with E-state index in [1.165, 1.54) is 0 Å². The Morgan fingerprint density at radius 2 is 2.17 bits per heavy atom. The van der Waals surface area contributed by atoms with Gasteiger partial charge in [-0.1, -0.05) is 0 Å². The van der Waals surface area contributed by atoms with E-state index in [0.717, 1.165) is 52.4 Å². The maximum absolute atomic E-state index is 12.7. The third-order valence-corrected chi connectivity index (χ3v) is 5.52. The highest BCUT2D eigenvalue weighted by Gasteiger charge is 2.24. The van der Waals surface area contributed by atoms with Crippen molar-refractivity contribution in [1.29, 1.82) is 0 Å². The zero-order valence-electron chi connectivity index (χ0n) is 13.0. The summed E-state index contributed by atoms with van der Waals surface area (Å²) in [5, 5.41) is 4.35. The van der Waals surface area contributed by atoms with E-state index in [2.05, 4.69) is 16.4 Å². The Labute approximate surface area is 138 Å². The second-order valence-corrected chi connectivity index (χ2v) is 6.95. The summed E-state index contributed by atoms with van der Waals surface area (Å²) in [6, 6.07) is 6.11. The molecule has 6 nitrogen and oxygen atoms in total. The van der Waals surface area contributed by atoms with Crippen LogP contribution in [0.3, 0.4) is 0 Å². The van der Waals surface area contributed by atoms with Gasteiger partial charge in [0.2, 0.25) is 0 Å². The number of nitrogens with one attached hydrogen (secondary N) is 1. The van der Waals surface area contributed by atoms with E-state index < -0.39 is 0 Å². The van der Waals surface area contributed by atoms with Crippen molar-refractivity contribution in [2.24, 2.45) is 10.7 Å². The summed E-state index contributed by atoms with van der Waals surface area (Å²) in [6.45, 7) is 3.26. The van der Waals surface area contributed by atoms with Gasteiger partial charge < -0.3 is 15.1 Å². The number of thiophene rings is 1. The van der Waals surface area contributed by atoms with Crippen LogP contribution in [-0.4, -0.2) is 56.5 Å². The summed E-state index contributed by atoms with van der Waals surface area (Å²) in [5.41, 5.74) is 8.12. The van der Waals surface area contributed by atoms with Gasteiger partial charge in [0.1, 0.15) is 0 Å². The second-order valence-electron chi connectivity index (χ2n) is 5.87. The Kier molecular flexibility index (Phi) is 3.56. The molecule has 1 saturated heterocycles. The van der Waals surface area contributed by atoms with Crippen LogP contribution in [0.25, 0.3) is 10.1 Å². The predicted octanol–water partition coefficient (Wildman–Crippen LogP) is 1.06. The Bertz CT molecular complexity index is 793. The molecule has 1 amide bonds. The highest BCUT2D eigenvalue weighted by atomic mass is 32.1. The van der Waals surface area contributed by atoms with Crippen molar-refractivity contribution < 1.29 is 4.79 Å². The number of rotatable bonds is 1. The normalized spacial score (nSPS) is 20.9. The molecule has 0 radical (unpaired) electrons. The summed E-state index contributed by atoms with van der Waals surface area (Å²) in [6.07, 6.45) is 1.44. The predicted molar refractivity (Wildman–Crippen MR) is 94.6 cm³/mol. The number of hydrogen-bond donors (Lipinski definition) is 2. The molecule has 120 valence electrons. The first kappa shape index (κ1) is 14.6. The number of nitrogens with zero attached hydrogens (tertiary/aromatic N) is 3. The number of anilines is 1. The number of aliphatic imine (C=N–C) groups is 1.